The Bertz CT molecular complexity index is 3470. The molecule has 0 fully saturated rings. The van der Waals surface area contributed by atoms with Crippen LogP contribution >= 0.6 is 0 Å². The van der Waals surface area contributed by atoms with Crippen molar-refractivity contribution in [1.29, 1.82) is 0 Å². The molecule has 0 bridgehead atoms. The molecule has 0 amide bonds. The highest BCUT2D eigenvalue weighted by atomic mass is 14.9. The van der Waals surface area contributed by atoms with Gasteiger partial charge in [-0.1, -0.05) is 172 Å². The average molecular weight is 808 g/mol. The summed E-state index contributed by atoms with van der Waals surface area (Å²) in [5, 5.41) is 3.30. The van der Waals surface area contributed by atoms with Gasteiger partial charge in [0.2, 0.25) is 0 Å². The molecule has 5 heteroatoms. The number of rotatable bonds is 8. The molecular formula is C58H41N5. The van der Waals surface area contributed by atoms with E-state index in [-0.39, 0.29) is 5.92 Å². The Kier molecular flexibility index (Phi) is 9.63. The number of para-hydroxylation sites is 1. The largest absolute Gasteiger partial charge is 0.256 e. The molecule has 0 atom stereocenters. The van der Waals surface area contributed by atoms with Crippen LogP contribution in [0, 0.1) is 0 Å². The summed E-state index contributed by atoms with van der Waals surface area (Å²) in [6.45, 7) is 4.39. The van der Waals surface area contributed by atoms with Gasteiger partial charge in [0.1, 0.15) is 0 Å². The first kappa shape index (κ1) is 37.8. The minimum absolute atomic E-state index is 0.277. The van der Waals surface area contributed by atoms with E-state index in [1.54, 1.807) is 0 Å². The number of hydrogen-bond donors (Lipinski definition) is 0. The lowest BCUT2D eigenvalue weighted by molar-refractivity contribution is 0.831. The van der Waals surface area contributed by atoms with Crippen LogP contribution in [-0.2, 0) is 0 Å². The van der Waals surface area contributed by atoms with Gasteiger partial charge in [-0.15, -0.1) is 0 Å². The van der Waals surface area contributed by atoms with Crippen LogP contribution < -0.4 is 0 Å². The number of benzene rings is 7. The minimum atomic E-state index is 0.277. The zero-order chi connectivity index (χ0) is 42.3. The van der Waals surface area contributed by atoms with Gasteiger partial charge < -0.3 is 0 Å². The third kappa shape index (κ3) is 7.30. The number of hydrogen-bond acceptors (Lipinski definition) is 5. The highest BCUT2D eigenvalue weighted by Crippen LogP contribution is 2.37. The molecule has 0 radical (unpaired) electrons. The van der Waals surface area contributed by atoms with Crippen molar-refractivity contribution in [3.8, 4) is 78.5 Å². The van der Waals surface area contributed by atoms with E-state index in [2.05, 4.69) is 195 Å². The van der Waals surface area contributed by atoms with E-state index in [0.29, 0.717) is 5.82 Å². The molecule has 0 unspecified atom stereocenters. The van der Waals surface area contributed by atoms with Gasteiger partial charge in [-0.25, -0.2) is 15.0 Å². The van der Waals surface area contributed by atoms with Gasteiger partial charge in [-0.3, -0.25) is 9.97 Å². The predicted octanol–water partition coefficient (Wildman–Crippen LogP) is 14.9. The maximum Gasteiger partial charge on any atom is 0.160 e. The van der Waals surface area contributed by atoms with Gasteiger partial charge in [0, 0.05) is 50.3 Å². The summed E-state index contributed by atoms with van der Waals surface area (Å²) in [7, 11) is 0. The van der Waals surface area contributed by atoms with E-state index in [1.165, 1.54) is 11.1 Å². The van der Waals surface area contributed by atoms with Crippen molar-refractivity contribution >= 4 is 32.7 Å². The van der Waals surface area contributed by atoms with Crippen LogP contribution in [0.2, 0.25) is 0 Å². The van der Waals surface area contributed by atoms with Crippen LogP contribution in [0.15, 0.2) is 206 Å². The second kappa shape index (κ2) is 16.0. The van der Waals surface area contributed by atoms with E-state index in [0.717, 1.165) is 100.0 Å². The van der Waals surface area contributed by atoms with E-state index >= 15 is 0 Å². The van der Waals surface area contributed by atoms with Crippen LogP contribution in [-0.4, -0.2) is 24.9 Å². The minimum Gasteiger partial charge on any atom is -0.256 e. The van der Waals surface area contributed by atoms with Crippen LogP contribution in [0.4, 0.5) is 0 Å². The normalized spacial score (nSPS) is 11.5. The molecule has 0 saturated carbocycles. The average Bonchev–Trinajstić information content (AvgIpc) is 3.36. The van der Waals surface area contributed by atoms with E-state index in [4.69, 9.17) is 19.9 Å². The molecule has 298 valence electrons. The van der Waals surface area contributed by atoms with Crippen molar-refractivity contribution in [3.05, 3.63) is 212 Å². The maximum absolute atomic E-state index is 5.29. The third-order valence-electron chi connectivity index (χ3n) is 11.9. The van der Waals surface area contributed by atoms with E-state index in [9.17, 15) is 0 Å². The first-order valence-corrected chi connectivity index (χ1v) is 21.4. The first-order valence-electron chi connectivity index (χ1n) is 21.4. The van der Waals surface area contributed by atoms with Crippen molar-refractivity contribution in [2.75, 3.05) is 0 Å². The molecule has 0 N–H and O–H groups in total. The van der Waals surface area contributed by atoms with Crippen LogP contribution in [0.3, 0.4) is 0 Å². The number of pyridine rings is 3. The topological polar surface area (TPSA) is 64.5 Å². The molecule has 4 heterocycles. The van der Waals surface area contributed by atoms with Crippen molar-refractivity contribution in [2.24, 2.45) is 0 Å². The van der Waals surface area contributed by atoms with Gasteiger partial charge in [-0.2, -0.15) is 0 Å². The molecule has 0 aliphatic heterocycles. The lowest BCUT2D eigenvalue weighted by Crippen LogP contribution is -1.97. The Morgan fingerprint density at radius 2 is 0.968 bits per heavy atom. The lowest BCUT2D eigenvalue weighted by atomic mass is 9.96. The summed E-state index contributed by atoms with van der Waals surface area (Å²) in [6, 6.07) is 70.0. The monoisotopic (exact) mass is 807 g/mol. The Hall–Kier alpha value is -8.15. The molecule has 0 spiro atoms. The van der Waals surface area contributed by atoms with Crippen LogP contribution in [0.5, 0.6) is 0 Å². The zero-order valence-electron chi connectivity index (χ0n) is 34.9. The molecular weight excluding hydrogens is 767 g/mol. The molecule has 11 rings (SSSR count). The van der Waals surface area contributed by atoms with E-state index in [1.807, 2.05) is 30.5 Å². The third-order valence-corrected chi connectivity index (χ3v) is 11.9. The lowest BCUT2D eigenvalue weighted by Gasteiger charge is -2.14. The highest BCUT2D eigenvalue weighted by Gasteiger charge is 2.16. The van der Waals surface area contributed by atoms with Crippen LogP contribution in [0.25, 0.3) is 111 Å². The van der Waals surface area contributed by atoms with Gasteiger partial charge in [-0.05, 0) is 81.8 Å². The summed E-state index contributed by atoms with van der Waals surface area (Å²) in [6.07, 6.45) is 1.88. The van der Waals surface area contributed by atoms with Crippen molar-refractivity contribution in [3.63, 3.8) is 0 Å². The fraction of sp³-hybridized carbons (Fsp3) is 0.0517. The molecule has 11 aromatic rings. The van der Waals surface area contributed by atoms with Gasteiger partial charge >= 0.3 is 0 Å². The summed E-state index contributed by atoms with van der Waals surface area (Å²) >= 11 is 0. The van der Waals surface area contributed by atoms with Gasteiger partial charge in [0.15, 0.2) is 5.82 Å². The summed E-state index contributed by atoms with van der Waals surface area (Å²) in [5.74, 6) is 0.945. The number of nitrogens with zero attached hydrogens (tertiary/aromatic N) is 5. The first-order chi connectivity index (χ1) is 31.0. The van der Waals surface area contributed by atoms with Gasteiger partial charge in [0.25, 0.3) is 0 Å². The Labute approximate surface area is 366 Å². The summed E-state index contributed by atoms with van der Waals surface area (Å²) in [4.78, 5) is 25.5. The second-order valence-corrected chi connectivity index (χ2v) is 16.3. The molecule has 0 saturated heterocycles. The number of fused-ring (bicyclic) bond motifs is 4. The molecule has 4 aromatic heterocycles. The molecule has 0 aliphatic carbocycles. The standard InChI is InChI=1S/C58H41N5/c1-37(2)53-35-50(39-13-5-3-6-14-39)49-29-27-42-28-30-51(60-56(42)57(49)61-53)41-25-23-38(24-26-41)43-17-11-20-46(33-43)58-62-54(40-15-7-4-8-16-40)36-55(63-58)45-19-12-18-44(34-45)47-31-32-59-52-22-10-9-21-48(47)52/h3-37H,1-2H3. The number of aromatic nitrogens is 5. The zero-order valence-corrected chi connectivity index (χ0v) is 34.9. The fourth-order valence-corrected chi connectivity index (χ4v) is 8.55. The highest BCUT2D eigenvalue weighted by molar-refractivity contribution is 6.09. The smallest absolute Gasteiger partial charge is 0.160 e. The Balaban J connectivity index is 0.951. The molecule has 0 aliphatic rings. The SMILES string of the molecule is CC(C)c1cc(-c2ccccc2)c2ccc3ccc(-c4ccc(-c5cccc(-c6nc(-c7ccccc7)cc(-c7cccc(-c8ccnc9ccccc89)c7)n6)c5)cc4)nc3c2n1. The quantitative estimate of drug-likeness (QED) is 0.143. The Morgan fingerprint density at radius 3 is 1.76 bits per heavy atom. The van der Waals surface area contributed by atoms with E-state index < -0.39 is 0 Å². The van der Waals surface area contributed by atoms with Crippen LogP contribution in [0.1, 0.15) is 25.5 Å². The molecule has 63 heavy (non-hydrogen) atoms. The van der Waals surface area contributed by atoms with Crippen molar-refractivity contribution in [1.82, 2.24) is 24.9 Å². The van der Waals surface area contributed by atoms with Crippen molar-refractivity contribution < 1.29 is 0 Å². The molecule has 7 aromatic carbocycles. The maximum atomic E-state index is 5.29. The summed E-state index contributed by atoms with van der Waals surface area (Å²) < 4.78 is 0. The molecule has 5 nitrogen and oxygen atoms in total. The Morgan fingerprint density at radius 1 is 0.349 bits per heavy atom. The predicted molar refractivity (Wildman–Crippen MR) is 260 cm³/mol. The fourth-order valence-electron chi connectivity index (χ4n) is 8.55. The summed E-state index contributed by atoms with van der Waals surface area (Å²) in [5.41, 5.74) is 17.3. The van der Waals surface area contributed by atoms with Crippen molar-refractivity contribution in [2.45, 2.75) is 19.8 Å². The van der Waals surface area contributed by atoms with Gasteiger partial charge in [0.05, 0.1) is 33.6 Å². The second-order valence-electron chi connectivity index (χ2n) is 16.3.